The van der Waals surface area contributed by atoms with Gasteiger partial charge in [0.15, 0.2) is 5.82 Å². The van der Waals surface area contributed by atoms with E-state index in [0.717, 1.165) is 72.1 Å². The molecule has 1 aliphatic heterocycles. The summed E-state index contributed by atoms with van der Waals surface area (Å²) in [7, 11) is 1.80. The minimum atomic E-state index is 0.741. The van der Waals surface area contributed by atoms with Crippen molar-refractivity contribution in [2.75, 3.05) is 38.3 Å². The molecule has 0 atom stereocenters. The molecule has 3 heterocycles. The Hall–Kier alpha value is -2.31. The van der Waals surface area contributed by atoms with Gasteiger partial charge in [-0.05, 0) is 25.0 Å². The SMILES string of the molecule is CCCc1cc2c(N3CCOCC3)nc(-c3cccc(C)c3C=NC)nc2s1. The number of benzene rings is 1. The highest BCUT2D eigenvalue weighted by Gasteiger charge is 2.20. The van der Waals surface area contributed by atoms with Gasteiger partial charge in [0.25, 0.3) is 0 Å². The van der Waals surface area contributed by atoms with Crippen LogP contribution in [0.25, 0.3) is 21.6 Å². The van der Waals surface area contributed by atoms with Crippen LogP contribution < -0.4 is 4.90 Å². The second kappa shape index (κ2) is 8.37. The number of fused-ring (bicyclic) bond motifs is 1. The quantitative estimate of drug-likeness (QED) is 0.598. The Morgan fingerprint density at radius 3 is 2.82 bits per heavy atom. The molecule has 1 aromatic carbocycles. The van der Waals surface area contributed by atoms with Crippen LogP contribution >= 0.6 is 11.3 Å². The summed E-state index contributed by atoms with van der Waals surface area (Å²) in [5.41, 5.74) is 3.30. The Morgan fingerprint density at radius 1 is 1.25 bits per heavy atom. The largest absolute Gasteiger partial charge is 0.378 e. The minimum absolute atomic E-state index is 0.741. The van der Waals surface area contributed by atoms with Crippen LogP contribution in [0, 0.1) is 6.92 Å². The predicted molar refractivity (Wildman–Crippen MR) is 118 cm³/mol. The number of thiophene rings is 1. The molecular formula is C22H26N4OS. The first kappa shape index (κ1) is 19.0. The molecule has 0 bridgehead atoms. The zero-order valence-electron chi connectivity index (χ0n) is 16.7. The molecule has 146 valence electrons. The zero-order valence-corrected chi connectivity index (χ0v) is 17.6. The lowest BCUT2D eigenvalue weighted by Gasteiger charge is -2.28. The average molecular weight is 395 g/mol. The summed E-state index contributed by atoms with van der Waals surface area (Å²) in [6.07, 6.45) is 4.12. The summed E-state index contributed by atoms with van der Waals surface area (Å²) in [6.45, 7) is 7.53. The van der Waals surface area contributed by atoms with Crippen LogP contribution in [-0.4, -0.2) is 49.5 Å². The van der Waals surface area contributed by atoms with Crippen LogP contribution in [0.2, 0.25) is 0 Å². The highest BCUT2D eigenvalue weighted by molar-refractivity contribution is 7.18. The average Bonchev–Trinajstić information content (AvgIpc) is 3.12. The van der Waals surface area contributed by atoms with E-state index in [2.05, 4.69) is 48.0 Å². The monoisotopic (exact) mass is 394 g/mol. The van der Waals surface area contributed by atoms with Crippen LogP contribution in [0.4, 0.5) is 5.82 Å². The smallest absolute Gasteiger partial charge is 0.163 e. The van der Waals surface area contributed by atoms with Crippen molar-refractivity contribution in [1.82, 2.24) is 9.97 Å². The second-order valence-corrected chi connectivity index (χ2v) is 8.19. The number of ether oxygens (including phenoxy) is 1. The standard InChI is InChI=1S/C22H26N4OS/c1-4-6-16-13-18-21(26-9-11-27-12-10-26)24-20(25-22(18)28-16)17-8-5-7-15(2)19(17)14-23-3/h5,7-8,13-14H,4,6,9-12H2,1-3H3. The molecule has 0 N–H and O–H groups in total. The fourth-order valence-electron chi connectivity index (χ4n) is 3.64. The van der Waals surface area contributed by atoms with Crippen molar-refractivity contribution in [2.45, 2.75) is 26.7 Å². The highest BCUT2D eigenvalue weighted by atomic mass is 32.1. The normalized spacial score (nSPS) is 15.0. The zero-order chi connectivity index (χ0) is 19.5. The van der Waals surface area contributed by atoms with E-state index in [1.165, 1.54) is 10.4 Å². The Labute approximate surface area is 170 Å². The Balaban J connectivity index is 1.91. The summed E-state index contributed by atoms with van der Waals surface area (Å²) in [5.74, 6) is 1.81. The predicted octanol–water partition coefficient (Wildman–Crippen LogP) is 4.50. The third-order valence-electron chi connectivity index (χ3n) is 5.05. The van der Waals surface area contributed by atoms with E-state index in [9.17, 15) is 0 Å². The number of hydrogen-bond acceptors (Lipinski definition) is 6. The number of morpholine rings is 1. The molecular weight excluding hydrogens is 368 g/mol. The van der Waals surface area contributed by atoms with Crippen molar-refractivity contribution in [3.8, 4) is 11.4 Å². The van der Waals surface area contributed by atoms with Gasteiger partial charge in [0.1, 0.15) is 10.6 Å². The van der Waals surface area contributed by atoms with Gasteiger partial charge in [-0.15, -0.1) is 11.3 Å². The number of aromatic nitrogens is 2. The maximum absolute atomic E-state index is 5.56. The molecule has 3 aromatic rings. The Morgan fingerprint density at radius 2 is 2.07 bits per heavy atom. The molecule has 6 heteroatoms. The van der Waals surface area contributed by atoms with E-state index in [0.29, 0.717) is 0 Å². The molecule has 0 unspecified atom stereocenters. The van der Waals surface area contributed by atoms with Crippen molar-refractivity contribution in [3.05, 3.63) is 40.3 Å². The third kappa shape index (κ3) is 3.66. The number of rotatable bonds is 5. The molecule has 1 fully saturated rings. The van der Waals surface area contributed by atoms with E-state index < -0.39 is 0 Å². The number of hydrogen-bond donors (Lipinski definition) is 0. The van der Waals surface area contributed by atoms with E-state index in [1.54, 1.807) is 18.4 Å². The van der Waals surface area contributed by atoms with Crippen LogP contribution in [-0.2, 0) is 11.2 Å². The molecule has 0 amide bonds. The highest BCUT2D eigenvalue weighted by Crippen LogP contribution is 2.35. The van der Waals surface area contributed by atoms with E-state index in [-0.39, 0.29) is 0 Å². The summed E-state index contributed by atoms with van der Waals surface area (Å²) in [4.78, 5) is 19.1. The van der Waals surface area contributed by atoms with E-state index in [4.69, 9.17) is 14.7 Å². The first-order valence-electron chi connectivity index (χ1n) is 9.86. The van der Waals surface area contributed by atoms with Crippen LogP contribution in [0.3, 0.4) is 0 Å². The first-order chi connectivity index (χ1) is 13.7. The third-order valence-corrected chi connectivity index (χ3v) is 6.14. The minimum Gasteiger partial charge on any atom is -0.378 e. The number of anilines is 1. The van der Waals surface area contributed by atoms with Crippen molar-refractivity contribution < 1.29 is 4.74 Å². The molecule has 0 spiro atoms. The van der Waals surface area contributed by atoms with Crippen molar-refractivity contribution in [3.63, 3.8) is 0 Å². The first-order valence-corrected chi connectivity index (χ1v) is 10.7. The molecule has 28 heavy (non-hydrogen) atoms. The molecule has 0 saturated carbocycles. The molecule has 4 rings (SSSR count). The summed E-state index contributed by atoms with van der Waals surface area (Å²) >= 11 is 1.79. The summed E-state index contributed by atoms with van der Waals surface area (Å²) in [5, 5.41) is 1.16. The fraction of sp³-hybridized carbons (Fsp3) is 0.409. The lowest BCUT2D eigenvalue weighted by molar-refractivity contribution is 0.122. The van der Waals surface area contributed by atoms with Gasteiger partial charge in [0.2, 0.25) is 0 Å². The van der Waals surface area contributed by atoms with Crippen molar-refractivity contribution in [2.24, 2.45) is 4.99 Å². The lowest BCUT2D eigenvalue weighted by atomic mass is 10.0. The topological polar surface area (TPSA) is 50.6 Å². The summed E-state index contributed by atoms with van der Waals surface area (Å²) < 4.78 is 5.56. The molecule has 0 radical (unpaired) electrons. The van der Waals surface area contributed by atoms with E-state index in [1.807, 2.05) is 6.21 Å². The summed E-state index contributed by atoms with van der Waals surface area (Å²) in [6, 6.07) is 8.54. The van der Waals surface area contributed by atoms with Crippen LogP contribution in [0.15, 0.2) is 29.3 Å². The number of aryl methyl sites for hydroxylation is 2. The van der Waals surface area contributed by atoms with Crippen molar-refractivity contribution in [1.29, 1.82) is 0 Å². The molecule has 1 aliphatic rings. The van der Waals surface area contributed by atoms with Gasteiger partial charge in [-0.3, -0.25) is 4.99 Å². The van der Waals surface area contributed by atoms with Gasteiger partial charge in [0.05, 0.1) is 18.6 Å². The molecule has 1 saturated heterocycles. The molecule has 5 nitrogen and oxygen atoms in total. The van der Waals surface area contributed by atoms with E-state index >= 15 is 0 Å². The lowest BCUT2D eigenvalue weighted by Crippen LogP contribution is -2.37. The van der Waals surface area contributed by atoms with Gasteiger partial charge in [0, 0.05) is 42.4 Å². The molecule has 2 aromatic heterocycles. The molecule has 0 aliphatic carbocycles. The van der Waals surface area contributed by atoms with Gasteiger partial charge >= 0.3 is 0 Å². The Bertz CT molecular complexity index is 1010. The second-order valence-electron chi connectivity index (χ2n) is 7.08. The maximum atomic E-state index is 5.56. The number of aliphatic imine (C=N–C) groups is 1. The fourth-order valence-corrected chi connectivity index (χ4v) is 4.76. The van der Waals surface area contributed by atoms with Gasteiger partial charge < -0.3 is 9.64 Å². The Kier molecular flexibility index (Phi) is 5.69. The van der Waals surface area contributed by atoms with Gasteiger partial charge in [-0.25, -0.2) is 9.97 Å². The van der Waals surface area contributed by atoms with Crippen LogP contribution in [0.1, 0.15) is 29.3 Å². The van der Waals surface area contributed by atoms with Gasteiger partial charge in [-0.1, -0.05) is 31.5 Å². The van der Waals surface area contributed by atoms with Crippen LogP contribution in [0.5, 0.6) is 0 Å². The van der Waals surface area contributed by atoms with Gasteiger partial charge in [-0.2, -0.15) is 0 Å². The maximum Gasteiger partial charge on any atom is 0.163 e. The number of nitrogens with zero attached hydrogens (tertiary/aromatic N) is 4. The van der Waals surface area contributed by atoms with Crippen molar-refractivity contribution >= 4 is 33.6 Å².